The summed E-state index contributed by atoms with van der Waals surface area (Å²) < 4.78 is 15.8. The minimum Gasteiger partial charge on any atom is -0.497 e. The van der Waals surface area contributed by atoms with Crippen molar-refractivity contribution in [3.8, 4) is 11.5 Å². The van der Waals surface area contributed by atoms with E-state index in [1.54, 1.807) is 30.2 Å². The lowest BCUT2D eigenvalue weighted by molar-refractivity contribution is -0.155. The monoisotopic (exact) mass is 418 g/mol. The molecule has 8 heteroatoms. The van der Waals surface area contributed by atoms with Crippen LogP contribution in [-0.2, 0) is 19.1 Å². The van der Waals surface area contributed by atoms with Crippen LogP contribution < -0.4 is 14.4 Å². The van der Waals surface area contributed by atoms with Gasteiger partial charge in [-0.2, -0.15) is 0 Å². The van der Waals surface area contributed by atoms with Crippen LogP contribution in [-0.4, -0.2) is 63.1 Å². The Bertz CT molecular complexity index is 773. The number of esters is 1. The minimum absolute atomic E-state index is 0.0475. The van der Waals surface area contributed by atoms with Gasteiger partial charge in [0, 0.05) is 32.1 Å². The van der Waals surface area contributed by atoms with E-state index in [2.05, 4.69) is 0 Å². The summed E-state index contributed by atoms with van der Waals surface area (Å²) in [5, 5.41) is 0. The molecule has 2 saturated heterocycles. The Morgan fingerprint density at radius 1 is 1.03 bits per heavy atom. The van der Waals surface area contributed by atoms with Crippen LogP contribution in [0, 0.1) is 5.92 Å². The molecule has 8 nitrogen and oxygen atoms in total. The molecule has 0 N–H and O–H groups in total. The fraction of sp³-hybridized carbons (Fsp3) is 0.591. The first-order valence-electron chi connectivity index (χ1n) is 10.5. The smallest absolute Gasteiger partial charge is 0.311 e. The van der Waals surface area contributed by atoms with E-state index in [0.29, 0.717) is 30.3 Å². The number of hydrogen-bond donors (Lipinski definition) is 0. The Kier molecular flexibility index (Phi) is 7.54. The zero-order chi connectivity index (χ0) is 21.5. The predicted octanol–water partition coefficient (Wildman–Crippen LogP) is 2.39. The van der Waals surface area contributed by atoms with E-state index in [1.807, 2.05) is 0 Å². The zero-order valence-corrected chi connectivity index (χ0v) is 17.7. The average Bonchev–Trinajstić information content (AvgIpc) is 3.12. The van der Waals surface area contributed by atoms with Crippen LogP contribution in [0.3, 0.4) is 0 Å². The van der Waals surface area contributed by atoms with Crippen molar-refractivity contribution in [1.82, 2.24) is 4.90 Å². The van der Waals surface area contributed by atoms with Gasteiger partial charge in [0.05, 0.1) is 25.8 Å². The third-order valence-corrected chi connectivity index (χ3v) is 5.68. The summed E-state index contributed by atoms with van der Waals surface area (Å²) in [5.74, 6) is -0.369. The summed E-state index contributed by atoms with van der Waals surface area (Å²) in [4.78, 5) is 40.8. The molecule has 0 unspecified atom stereocenters. The largest absolute Gasteiger partial charge is 0.497 e. The van der Waals surface area contributed by atoms with Gasteiger partial charge in [0.25, 0.3) is 5.91 Å². The number of likely N-dealkylation sites (tertiary alicyclic amines) is 1. The molecule has 1 aromatic carbocycles. The van der Waals surface area contributed by atoms with E-state index in [9.17, 15) is 14.4 Å². The van der Waals surface area contributed by atoms with Gasteiger partial charge in [-0.05, 0) is 25.0 Å². The number of carbonyl (C=O) groups excluding carboxylic acids is 3. The maximum Gasteiger partial charge on any atom is 0.311 e. The molecule has 164 valence electrons. The average molecular weight is 418 g/mol. The lowest BCUT2D eigenvalue weighted by atomic mass is 10.1. The van der Waals surface area contributed by atoms with E-state index in [4.69, 9.17) is 14.2 Å². The first-order valence-corrected chi connectivity index (χ1v) is 10.5. The molecule has 1 aromatic rings. The topological polar surface area (TPSA) is 85.4 Å². The second-order valence-corrected chi connectivity index (χ2v) is 7.70. The van der Waals surface area contributed by atoms with Crippen molar-refractivity contribution in [3.63, 3.8) is 0 Å². The number of methoxy groups -OCH3 is 2. The number of hydrogen-bond acceptors (Lipinski definition) is 6. The first-order chi connectivity index (χ1) is 14.5. The Balaban J connectivity index is 1.56. The lowest BCUT2D eigenvalue weighted by Gasteiger charge is -2.24. The molecule has 2 aliphatic heterocycles. The highest BCUT2D eigenvalue weighted by Gasteiger charge is 2.37. The molecule has 1 atom stereocenters. The highest BCUT2D eigenvalue weighted by Crippen LogP contribution is 2.36. The van der Waals surface area contributed by atoms with Crippen molar-refractivity contribution in [2.24, 2.45) is 5.92 Å². The molecule has 0 bridgehead atoms. The summed E-state index contributed by atoms with van der Waals surface area (Å²) in [6, 6.07) is 5.16. The second kappa shape index (κ2) is 10.3. The number of benzene rings is 1. The number of ether oxygens (including phenoxy) is 3. The van der Waals surface area contributed by atoms with Crippen LogP contribution in [0.2, 0.25) is 0 Å². The zero-order valence-electron chi connectivity index (χ0n) is 17.7. The Morgan fingerprint density at radius 3 is 2.40 bits per heavy atom. The fourth-order valence-corrected chi connectivity index (χ4v) is 3.95. The van der Waals surface area contributed by atoms with Crippen LogP contribution in [0.1, 0.15) is 38.5 Å². The fourth-order valence-electron chi connectivity index (χ4n) is 3.95. The number of anilines is 1. The van der Waals surface area contributed by atoms with Gasteiger partial charge < -0.3 is 24.0 Å². The van der Waals surface area contributed by atoms with Gasteiger partial charge in [0.15, 0.2) is 6.61 Å². The van der Waals surface area contributed by atoms with Crippen molar-refractivity contribution >= 4 is 23.5 Å². The van der Waals surface area contributed by atoms with Gasteiger partial charge in [-0.1, -0.05) is 19.3 Å². The Hall–Kier alpha value is -2.77. The highest BCUT2D eigenvalue weighted by molar-refractivity contribution is 6.00. The second-order valence-electron chi connectivity index (χ2n) is 7.70. The first kappa shape index (κ1) is 21.9. The van der Waals surface area contributed by atoms with E-state index in [1.165, 1.54) is 18.4 Å². The van der Waals surface area contributed by atoms with Crippen molar-refractivity contribution < 1.29 is 28.6 Å². The molecule has 2 heterocycles. The number of rotatable bonds is 6. The molecular formula is C22H30N2O6. The van der Waals surface area contributed by atoms with Gasteiger partial charge in [-0.3, -0.25) is 14.4 Å². The minimum atomic E-state index is -0.607. The molecule has 3 rings (SSSR count). The van der Waals surface area contributed by atoms with E-state index < -0.39 is 11.9 Å². The molecule has 0 aliphatic carbocycles. The van der Waals surface area contributed by atoms with E-state index in [-0.39, 0.29) is 31.4 Å². The van der Waals surface area contributed by atoms with Crippen molar-refractivity contribution in [3.05, 3.63) is 18.2 Å². The SMILES string of the molecule is COc1ccc(N2C[C@@H](C(=O)OCC(=O)N3CCCCCCC3)CC2=O)c(OC)c1. The van der Waals surface area contributed by atoms with Crippen molar-refractivity contribution in [2.75, 3.05) is 45.4 Å². The van der Waals surface area contributed by atoms with E-state index >= 15 is 0 Å². The van der Waals surface area contributed by atoms with Crippen molar-refractivity contribution in [1.29, 1.82) is 0 Å². The maximum atomic E-state index is 12.5. The third kappa shape index (κ3) is 5.23. The van der Waals surface area contributed by atoms with Gasteiger partial charge >= 0.3 is 5.97 Å². The Morgan fingerprint density at radius 2 is 1.73 bits per heavy atom. The third-order valence-electron chi connectivity index (χ3n) is 5.68. The quantitative estimate of drug-likeness (QED) is 0.660. The van der Waals surface area contributed by atoms with Gasteiger partial charge in [0.2, 0.25) is 5.91 Å². The molecular weight excluding hydrogens is 388 g/mol. The van der Waals surface area contributed by atoms with Crippen molar-refractivity contribution in [2.45, 2.75) is 38.5 Å². The van der Waals surface area contributed by atoms with Crippen LogP contribution >= 0.6 is 0 Å². The summed E-state index contributed by atoms with van der Waals surface area (Å²) in [6.45, 7) is 1.35. The molecule has 2 amide bonds. The molecule has 2 aliphatic rings. The van der Waals surface area contributed by atoms with Crippen LogP contribution in [0.25, 0.3) is 0 Å². The van der Waals surface area contributed by atoms with Gasteiger partial charge in [-0.15, -0.1) is 0 Å². The lowest BCUT2D eigenvalue weighted by Crippen LogP contribution is -2.37. The van der Waals surface area contributed by atoms with Crippen LogP contribution in [0.4, 0.5) is 5.69 Å². The molecule has 0 saturated carbocycles. The van der Waals surface area contributed by atoms with Gasteiger partial charge in [0.1, 0.15) is 11.5 Å². The Labute approximate surface area is 177 Å². The predicted molar refractivity (Wildman–Crippen MR) is 111 cm³/mol. The van der Waals surface area contributed by atoms with Crippen LogP contribution in [0.15, 0.2) is 18.2 Å². The number of amides is 2. The highest BCUT2D eigenvalue weighted by atomic mass is 16.5. The normalized spacial score (nSPS) is 19.8. The summed E-state index contributed by atoms with van der Waals surface area (Å²) in [6.07, 6.45) is 5.47. The summed E-state index contributed by atoms with van der Waals surface area (Å²) in [7, 11) is 3.07. The molecule has 0 spiro atoms. The maximum absolute atomic E-state index is 12.5. The standard InChI is InChI=1S/C22H30N2O6/c1-28-17-8-9-18(19(13-17)29-2)24-14-16(12-20(24)25)22(27)30-15-21(26)23-10-6-4-3-5-7-11-23/h8-9,13,16H,3-7,10-12,14-15H2,1-2H3/t16-/m0/s1. The summed E-state index contributed by atoms with van der Waals surface area (Å²) in [5.41, 5.74) is 0.579. The summed E-state index contributed by atoms with van der Waals surface area (Å²) >= 11 is 0. The number of nitrogens with zero attached hydrogens (tertiary/aromatic N) is 2. The number of carbonyl (C=O) groups is 3. The molecule has 30 heavy (non-hydrogen) atoms. The van der Waals surface area contributed by atoms with Crippen LogP contribution in [0.5, 0.6) is 11.5 Å². The van der Waals surface area contributed by atoms with Gasteiger partial charge in [-0.25, -0.2) is 0 Å². The molecule has 0 radical (unpaired) electrons. The molecule has 2 fully saturated rings. The van der Waals surface area contributed by atoms with E-state index in [0.717, 1.165) is 25.7 Å². The molecule has 0 aromatic heterocycles.